The minimum Gasteiger partial charge on any atom is -0.388 e. The van der Waals surface area contributed by atoms with Crippen molar-refractivity contribution in [1.82, 2.24) is 5.32 Å². The Balaban J connectivity index is 1.91. The van der Waals surface area contributed by atoms with Crippen molar-refractivity contribution in [3.8, 4) is 0 Å². The van der Waals surface area contributed by atoms with Gasteiger partial charge in [0.2, 0.25) is 0 Å². The average molecular weight is 248 g/mol. The maximum Gasteiger partial charge on any atom is 0.319 e. The lowest BCUT2D eigenvalue weighted by Crippen LogP contribution is -2.48. The third kappa shape index (κ3) is 2.82. The summed E-state index contributed by atoms with van der Waals surface area (Å²) in [7, 11) is 0. The van der Waals surface area contributed by atoms with Gasteiger partial charge in [0.25, 0.3) is 0 Å². The fourth-order valence-corrected chi connectivity index (χ4v) is 2.18. The van der Waals surface area contributed by atoms with Crippen molar-refractivity contribution >= 4 is 11.7 Å². The van der Waals surface area contributed by atoms with Crippen LogP contribution in [0.15, 0.2) is 18.2 Å². The number of aliphatic hydroxyl groups is 1. The molecule has 0 atom stereocenters. The molecule has 0 aromatic heterocycles. The number of hydrogen-bond donors (Lipinski definition) is 3. The van der Waals surface area contributed by atoms with Crippen LogP contribution in [-0.4, -0.2) is 23.3 Å². The molecule has 2 rings (SSSR count). The van der Waals surface area contributed by atoms with E-state index >= 15 is 0 Å². The SMILES string of the molecule is Cc1cccc(C)c1NC(=O)NCC1(O)CCC1. The Morgan fingerprint density at radius 2 is 1.94 bits per heavy atom. The second-order valence-corrected chi connectivity index (χ2v) is 5.15. The lowest BCUT2D eigenvalue weighted by Gasteiger charge is -2.36. The quantitative estimate of drug-likeness (QED) is 0.769. The number of aryl methyl sites for hydroxylation is 2. The largest absolute Gasteiger partial charge is 0.388 e. The number of hydrogen-bond acceptors (Lipinski definition) is 2. The molecular formula is C14H20N2O2. The Labute approximate surface area is 107 Å². The highest BCUT2D eigenvalue weighted by Gasteiger charge is 2.34. The average Bonchev–Trinajstić information content (AvgIpc) is 2.29. The first-order valence-corrected chi connectivity index (χ1v) is 6.34. The minimum atomic E-state index is -0.682. The molecule has 0 aliphatic heterocycles. The molecule has 1 aromatic rings. The van der Waals surface area contributed by atoms with Gasteiger partial charge in [-0.1, -0.05) is 18.2 Å². The van der Waals surface area contributed by atoms with E-state index in [-0.39, 0.29) is 6.03 Å². The van der Waals surface area contributed by atoms with Crippen LogP contribution in [-0.2, 0) is 0 Å². The number of benzene rings is 1. The van der Waals surface area contributed by atoms with Gasteiger partial charge in [-0.15, -0.1) is 0 Å². The molecule has 98 valence electrons. The molecule has 0 spiro atoms. The highest BCUT2D eigenvalue weighted by Crippen LogP contribution is 2.30. The lowest BCUT2D eigenvalue weighted by molar-refractivity contribution is -0.0287. The van der Waals surface area contributed by atoms with Gasteiger partial charge in [-0.25, -0.2) is 4.79 Å². The monoisotopic (exact) mass is 248 g/mol. The summed E-state index contributed by atoms with van der Waals surface area (Å²) in [5.41, 5.74) is 2.23. The molecule has 18 heavy (non-hydrogen) atoms. The maximum atomic E-state index is 11.8. The van der Waals surface area contributed by atoms with Crippen molar-refractivity contribution in [2.75, 3.05) is 11.9 Å². The maximum absolute atomic E-state index is 11.8. The zero-order valence-corrected chi connectivity index (χ0v) is 10.9. The fourth-order valence-electron chi connectivity index (χ4n) is 2.18. The van der Waals surface area contributed by atoms with Gasteiger partial charge in [-0.05, 0) is 44.2 Å². The van der Waals surface area contributed by atoms with Crippen molar-refractivity contribution < 1.29 is 9.90 Å². The number of nitrogens with one attached hydrogen (secondary N) is 2. The second kappa shape index (κ2) is 4.98. The Kier molecular flexibility index (Phi) is 3.57. The predicted octanol–water partition coefficient (Wildman–Crippen LogP) is 2.34. The van der Waals surface area contributed by atoms with E-state index in [9.17, 15) is 9.90 Å². The summed E-state index contributed by atoms with van der Waals surface area (Å²) in [6.45, 7) is 4.24. The molecule has 1 aromatic carbocycles. The Bertz CT molecular complexity index is 433. The fraction of sp³-hybridized carbons (Fsp3) is 0.500. The molecule has 1 saturated carbocycles. The van der Waals surface area contributed by atoms with Crippen LogP contribution in [0.5, 0.6) is 0 Å². The van der Waals surface area contributed by atoms with E-state index in [1.807, 2.05) is 32.0 Å². The van der Waals surface area contributed by atoms with Crippen LogP contribution >= 0.6 is 0 Å². The van der Waals surface area contributed by atoms with Gasteiger partial charge in [-0.2, -0.15) is 0 Å². The molecular weight excluding hydrogens is 228 g/mol. The van der Waals surface area contributed by atoms with E-state index in [4.69, 9.17) is 0 Å². The Morgan fingerprint density at radius 3 is 2.44 bits per heavy atom. The molecule has 0 saturated heterocycles. The van der Waals surface area contributed by atoms with Crippen molar-refractivity contribution in [2.24, 2.45) is 0 Å². The van der Waals surface area contributed by atoms with E-state index in [2.05, 4.69) is 10.6 Å². The van der Waals surface area contributed by atoms with Crippen LogP contribution in [0.3, 0.4) is 0 Å². The molecule has 0 bridgehead atoms. The zero-order valence-electron chi connectivity index (χ0n) is 10.9. The van der Waals surface area contributed by atoms with Crippen molar-refractivity contribution in [3.63, 3.8) is 0 Å². The lowest BCUT2D eigenvalue weighted by atomic mass is 9.80. The topological polar surface area (TPSA) is 61.4 Å². The van der Waals surface area contributed by atoms with Crippen LogP contribution < -0.4 is 10.6 Å². The second-order valence-electron chi connectivity index (χ2n) is 5.15. The number of carbonyl (C=O) groups is 1. The van der Waals surface area contributed by atoms with Gasteiger partial charge < -0.3 is 15.7 Å². The molecule has 1 aliphatic carbocycles. The van der Waals surface area contributed by atoms with Crippen LogP contribution in [0.1, 0.15) is 30.4 Å². The molecule has 3 N–H and O–H groups in total. The van der Waals surface area contributed by atoms with E-state index < -0.39 is 5.60 Å². The normalized spacial score (nSPS) is 16.8. The standard InChI is InChI=1S/C14H20N2O2/c1-10-5-3-6-11(2)12(10)16-13(17)15-9-14(18)7-4-8-14/h3,5-6,18H,4,7-9H2,1-2H3,(H2,15,16,17). The van der Waals surface area contributed by atoms with Gasteiger partial charge >= 0.3 is 6.03 Å². The highest BCUT2D eigenvalue weighted by molar-refractivity contribution is 5.91. The summed E-state index contributed by atoms with van der Waals surface area (Å²) in [5.74, 6) is 0. The summed E-state index contributed by atoms with van der Waals surface area (Å²) in [5, 5.41) is 15.5. The molecule has 4 heteroatoms. The van der Waals surface area contributed by atoms with E-state index in [1.54, 1.807) is 0 Å². The number of amides is 2. The van der Waals surface area contributed by atoms with Crippen LogP contribution in [0.25, 0.3) is 0 Å². The summed E-state index contributed by atoms with van der Waals surface area (Å²) in [6.07, 6.45) is 2.59. The van der Waals surface area contributed by atoms with Gasteiger partial charge in [0.05, 0.1) is 5.60 Å². The van der Waals surface area contributed by atoms with Crippen molar-refractivity contribution in [2.45, 2.75) is 38.7 Å². The van der Waals surface area contributed by atoms with Gasteiger partial charge in [0, 0.05) is 12.2 Å². The van der Waals surface area contributed by atoms with Gasteiger partial charge in [0.15, 0.2) is 0 Å². The first-order valence-electron chi connectivity index (χ1n) is 6.34. The summed E-state index contributed by atoms with van der Waals surface area (Å²) >= 11 is 0. The molecule has 0 unspecified atom stereocenters. The number of rotatable bonds is 3. The highest BCUT2D eigenvalue weighted by atomic mass is 16.3. The summed E-state index contributed by atoms with van der Waals surface area (Å²) < 4.78 is 0. The van der Waals surface area contributed by atoms with Crippen molar-refractivity contribution in [3.05, 3.63) is 29.3 Å². The van der Waals surface area contributed by atoms with Crippen LogP contribution in [0.4, 0.5) is 10.5 Å². The van der Waals surface area contributed by atoms with Crippen LogP contribution in [0.2, 0.25) is 0 Å². The number of urea groups is 1. The van der Waals surface area contributed by atoms with E-state index in [0.29, 0.717) is 6.54 Å². The third-order valence-corrected chi connectivity index (χ3v) is 3.58. The van der Waals surface area contributed by atoms with Crippen molar-refractivity contribution in [1.29, 1.82) is 0 Å². The molecule has 0 radical (unpaired) electrons. The molecule has 1 fully saturated rings. The number of anilines is 1. The Hall–Kier alpha value is -1.55. The van der Waals surface area contributed by atoms with E-state index in [0.717, 1.165) is 36.1 Å². The summed E-state index contributed by atoms with van der Waals surface area (Å²) in [4.78, 5) is 11.8. The molecule has 1 aliphatic rings. The predicted molar refractivity (Wildman–Crippen MR) is 71.7 cm³/mol. The first kappa shape index (κ1) is 12.9. The smallest absolute Gasteiger partial charge is 0.319 e. The molecule has 2 amide bonds. The van der Waals surface area contributed by atoms with Gasteiger partial charge in [0.1, 0.15) is 0 Å². The molecule has 4 nitrogen and oxygen atoms in total. The minimum absolute atomic E-state index is 0.257. The number of carbonyl (C=O) groups excluding carboxylic acids is 1. The number of para-hydroxylation sites is 1. The third-order valence-electron chi connectivity index (χ3n) is 3.58. The van der Waals surface area contributed by atoms with E-state index in [1.165, 1.54) is 0 Å². The summed E-state index contributed by atoms with van der Waals surface area (Å²) in [6, 6.07) is 5.63. The van der Waals surface area contributed by atoms with Gasteiger partial charge in [-0.3, -0.25) is 0 Å². The first-order chi connectivity index (χ1) is 8.50. The van der Waals surface area contributed by atoms with Crippen LogP contribution in [0, 0.1) is 13.8 Å². The molecule has 0 heterocycles. The Morgan fingerprint density at radius 1 is 1.33 bits per heavy atom. The zero-order chi connectivity index (χ0) is 13.2.